The molecule has 0 aromatic rings. The Kier molecular flexibility index (Phi) is 4.06. The Labute approximate surface area is 71.9 Å². The second-order valence-electron chi connectivity index (χ2n) is 2.67. The minimum atomic E-state index is -4.33. The molecule has 0 atom stereocenters. The van der Waals surface area contributed by atoms with Gasteiger partial charge in [-0.15, -0.1) is 0 Å². The van der Waals surface area contributed by atoms with Crippen LogP contribution in [0.25, 0.3) is 0 Å². The van der Waals surface area contributed by atoms with Crippen LogP contribution in [0.2, 0.25) is 0 Å². The van der Waals surface area contributed by atoms with E-state index < -0.39 is 37.5 Å². The Morgan fingerprint density at radius 1 is 1.00 bits per heavy atom. The van der Waals surface area contributed by atoms with Crippen molar-refractivity contribution in [3.63, 3.8) is 0 Å². The van der Waals surface area contributed by atoms with Crippen molar-refractivity contribution in [1.82, 2.24) is 0 Å². The summed E-state index contributed by atoms with van der Waals surface area (Å²) in [7, 11) is 0. The average Bonchev–Trinajstić information content (AvgIpc) is 2.01. The molecule has 0 spiro atoms. The van der Waals surface area contributed by atoms with Gasteiger partial charge in [0.2, 0.25) is 5.92 Å². The van der Waals surface area contributed by atoms with E-state index in [9.17, 15) is 26.3 Å². The number of rotatable bonds is 5. The zero-order valence-electron chi connectivity index (χ0n) is 6.67. The number of halogens is 6. The SMILES string of the molecule is [CH2]CC(F)(F)CCC(F)(F)C(F)F. The van der Waals surface area contributed by atoms with E-state index in [1.54, 1.807) is 0 Å². The zero-order valence-corrected chi connectivity index (χ0v) is 6.67. The standard InChI is InChI=1S/C7H9F6/c1-2-6(10,11)3-4-7(12,13)5(8)9/h5H,1-4H2. The highest BCUT2D eigenvalue weighted by molar-refractivity contribution is 4.75. The molecule has 0 amide bonds. The molecule has 0 unspecified atom stereocenters. The van der Waals surface area contributed by atoms with Crippen LogP contribution in [0.5, 0.6) is 0 Å². The fourth-order valence-electron chi connectivity index (χ4n) is 0.584. The summed E-state index contributed by atoms with van der Waals surface area (Å²) < 4.78 is 71.8. The summed E-state index contributed by atoms with van der Waals surface area (Å²) >= 11 is 0. The van der Waals surface area contributed by atoms with E-state index in [-0.39, 0.29) is 0 Å². The molecule has 79 valence electrons. The number of hydrogen-bond donors (Lipinski definition) is 0. The molecule has 0 bridgehead atoms. The van der Waals surface area contributed by atoms with E-state index in [1.165, 1.54) is 0 Å². The van der Waals surface area contributed by atoms with Crippen LogP contribution >= 0.6 is 0 Å². The van der Waals surface area contributed by atoms with Crippen LogP contribution in [0.3, 0.4) is 0 Å². The third-order valence-corrected chi connectivity index (χ3v) is 1.51. The third kappa shape index (κ3) is 4.38. The third-order valence-electron chi connectivity index (χ3n) is 1.51. The molecule has 0 nitrogen and oxygen atoms in total. The summed E-state index contributed by atoms with van der Waals surface area (Å²) in [5, 5.41) is 0. The molecule has 1 radical (unpaired) electrons. The van der Waals surface area contributed by atoms with Gasteiger partial charge < -0.3 is 0 Å². The Hall–Kier alpha value is -0.420. The lowest BCUT2D eigenvalue weighted by atomic mass is 10.1. The van der Waals surface area contributed by atoms with Gasteiger partial charge >= 0.3 is 12.3 Å². The summed E-state index contributed by atoms with van der Waals surface area (Å²) in [4.78, 5) is 0. The van der Waals surface area contributed by atoms with Crippen molar-refractivity contribution in [2.24, 2.45) is 0 Å². The molecule has 0 aliphatic heterocycles. The molecule has 0 fully saturated rings. The first-order chi connectivity index (χ1) is 5.71. The van der Waals surface area contributed by atoms with Crippen LogP contribution in [-0.4, -0.2) is 18.3 Å². The number of alkyl halides is 6. The van der Waals surface area contributed by atoms with E-state index >= 15 is 0 Å². The molecule has 0 aromatic carbocycles. The smallest absolute Gasteiger partial charge is 0.207 e. The van der Waals surface area contributed by atoms with Gasteiger partial charge in [0.15, 0.2) is 0 Å². The predicted octanol–water partition coefficient (Wildman–Crippen LogP) is 3.53. The molecule has 0 saturated heterocycles. The largest absolute Gasteiger partial charge is 0.307 e. The average molecular weight is 207 g/mol. The topological polar surface area (TPSA) is 0 Å². The summed E-state index contributed by atoms with van der Waals surface area (Å²) in [5.74, 6) is -7.73. The van der Waals surface area contributed by atoms with Gasteiger partial charge in [0, 0.05) is 19.3 Å². The monoisotopic (exact) mass is 207 g/mol. The molecule has 6 heteroatoms. The summed E-state index contributed by atoms with van der Waals surface area (Å²) in [5.41, 5.74) is 0. The van der Waals surface area contributed by atoms with Crippen LogP contribution in [-0.2, 0) is 0 Å². The molecule has 0 N–H and O–H groups in total. The minimum absolute atomic E-state index is 0.869. The molecule has 0 heterocycles. The van der Waals surface area contributed by atoms with E-state index in [0.29, 0.717) is 0 Å². The van der Waals surface area contributed by atoms with Gasteiger partial charge in [-0.3, -0.25) is 0 Å². The molecule has 13 heavy (non-hydrogen) atoms. The number of hydrogen-bond acceptors (Lipinski definition) is 0. The predicted molar refractivity (Wildman–Crippen MR) is 35.1 cm³/mol. The van der Waals surface area contributed by atoms with Crippen LogP contribution < -0.4 is 0 Å². The normalized spacial score (nSPS) is 13.8. The van der Waals surface area contributed by atoms with Crippen LogP contribution in [0.4, 0.5) is 26.3 Å². The van der Waals surface area contributed by atoms with E-state index in [1.807, 2.05) is 0 Å². The van der Waals surface area contributed by atoms with Gasteiger partial charge in [0.05, 0.1) is 0 Å². The summed E-state index contributed by atoms with van der Waals surface area (Å²) in [6.07, 6.45) is -7.55. The first kappa shape index (κ1) is 12.6. The maximum absolute atomic E-state index is 12.3. The van der Waals surface area contributed by atoms with E-state index in [0.717, 1.165) is 0 Å². The maximum atomic E-state index is 12.3. The van der Waals surface area contributed by atoms with Gasteiger partial charge in [-0.2, -0.15) is 0 Å². The van der Waals surface area contributed by atoms with Gasteiger partial charge in [-0.05, 0) is 6.92 Å². The van der Waals surface area contributed by atoms with Gasteiger partial charge in [0.1, 0.15) is 0 Å². The van der Waals surface area contributed by atoms with Crippen molar-refractivity contribution in [2.75, 3.05) is 0 Å². The lowest BCUT2D eigenvalue weighted by Crippen LogP contribution is -2.29. The van der Waals surface area contributed by atoms with Gasteiger partial charge in [0.25, 0.3) is 0 Å². The van der Waals surface area contributed by atoms with E-state index in [2.05, 4.69) is 6.92 Å². The molecular formula is C7H9F6. The first-order valence-corrected chi connectivity index (χ1v) is 3.54. The van der Waals surface area contributed by atoms with Crippen molar-refractivity contribution in [3.8, 4) is 0 Å². The lowest BCUT2D eigenvalue weighted by Gasteiger charge is -2.19. The molecule has 0 rings (SSSR count). The fourth-order valence-corrected chi connectivity index (χ4v) is 0.584. The molecule has 0 aliphatic carbocycles. The van der Waals surface area contributed by atoms with Crippen LogP contribution in [0.1, 0.15) is 19.3 Å². The van der Waals surface area contributed by atoms with E-state index in [4.69, 9.17) is 0 Å². The highest BCUT2D eigenvalue weighted by atomic mass is 19.3. The minimum Gasteiger partial charge on any atom is -0.207 e. The van der Waals surface area contributed by atoms with Crippen molar-refractivity contribution < 1.29 is 26.3 Å². The fraction of sp³-hybridized carbons (Fsp3) is 0.857. The maximum Gasteiger partial charge on any atom is 0.307 e. The van der Waals surface area contributed by atoms with Gasteiger partial charge in [-0.25, -0.2) is 26.3 Å². The highest BCUT2D eigenvalue weighted by Gasteiger charge is 2.43. The van der Waals surface area contributed by atoms with Crippen LogP contribution in [0, 0.1) is 6.92 Å². The lowest BCUT2D eigenvalue weighted by molar-refractivity contribution is -0.146. The van der Waals surface area contributed by atoms with Gasteiger partial charge in [-0.1, -0.05) is 0 Å². The van der Waals surface area contributed by atoms with Crippen molar-refractivity contribution >= 4 is 0 Å². The second-order valence-corrected chi connectivity index (χ2v) is 2.67. The second kappa shape index (κ2) is 4.19. The Bertz CT molecular complexity index is 153. The Balaban J connectivity index is 4.02. The molecule has 0 aliphatic rings. The first-order valence-electron chi connectivity index (χ1n) is 3.54. The molecule has 0 aromatic heterocycles. The highest BCUT2D eigenvalue weighted by Crippen LogP contribution is 2.33. The Morgan fingerprint density at radius 3 is 1.77 bits per heavy atom. The van der Waals surface area contributed by atoms with Crippen molar-refractivity contribution in [1.29, 1.82) is 0 Å². The van der Waals surface area contributed by atoms with Crippen LogP contribution in [0.15, 0.2) is 0 Å². The quantitative estimate of drug-likeness (QED) is 0.605. The van der Waals surface area contributed by atoms with Crippen molar-refractivity contribution in [3.05, 3.63) is 6.92 Å². The van der Waals surface area contributed by atoms with Crippen molar-refractivity contribution in [2.45, 2.75) is 37.5 Å². The summed E-state index contributed by atoms with van der Waals surface area (Å²) in [6, 6.07) is 0. The molecule has 0 saturated carbocycles. The molecular weight excluding hydrogens is 198 g/mol. The summed E-state index contributed by atoms with van der Waals surface area (Å²) in [6.45, 7) is 2.82. The Morgan fingerprint density at radius 2 is 1.46 bits per heavy atom. The zero-order chi connectivity index (χ0) is 10.7.